The van der Waals surface area contributed by atoms with Gasteiger partial charge >= 0.3 is 6.01 Å². The van der Waals surface area contributed by atoms with E-state index in [0.717, 1.165) is 52.8 Å². The Kier molecular flexibility index (Phi) is 7.17. The third-order valence-electron chi connectivity index (χ3n) is 6.82. The van der Waals surface area contributed by atoms with E-state index in [1.165, 1.54) is 12.1 Å². The van der Waals surface area contributed by atoms with Crippen molar-refractivity contribution in [1.29, 1.82) is 0 Å². The first-order chi connectivity index (χ1) is 18.1. The molecule has 0 aliphatic rings. The van der Waals surface area contributed by atoms with Crippen LogP contribution in [0.4, 0.5) is 0 Å². The zero-order valence-electron chi connectivity index (χ0n) is 21.2. The molecule has 5 aromatic rings. The molecular weight excluding hydrogens is 462 g/mol. The lowest BCUT2D eigenvalue weighted by Gasteiger charge is -2.16. The lowest BCUT2D eigenvalue weighted by atomic mass is 9.96. The molecule has 0 aliphatic heterocycles. The summed E-state index contributed by atoms with van der Waals surface area (Å²) in [7, 11) is 0. The van der Waals surface area contributed by atoms with Crippen LogP contribution >= 0.6 is 0 Å². The quantitative estimate of drug-likeness (QED) is 0.206. The molecule has 0 amide bonds. The number of ether oxygens (including phenoxy) is 1. The second-order valence-electron chi connectivity index (χ2n) is 9.39. The zero-order chi connectivity index (χ0) is 25.8. The Morgan fingerprint density at radius 1 is 0.784 bits per heavy atom. The summed E-state index contributed by atoms with van der Waals surface area (Å²) in [6.07, 6.45) is 4.39. The van der Waals surface area contributed by atoms with Crippen LogP contribution in [-0.2, 0) is 0 Å². The molecule has 0 aliphatic carbocycles. The SMILES string of the molecule is CCCCC(CC)COc1nc(-c2ccc(O)cc2O)nc(-c2c3ccccc3cc3ccccc23)n1. The number of benzene rings is 4. The Labute approximate surface area is 216 Å². The van der Waals surface area contributed by atoms with Crippen LogP contribution in [0.25, 0.3) is 44.3 Å². The predicted octanol–water partition coefficient (Wildman–Crippen LogP) is 7.52. The molecule has 5 rings (SSSR count). The smallest absolute Gasteiger partial charge is 0.320 e. The van der Waals surface area contributed by atoms with Gasteiger partial charge in [0.15, 0.2) is 11.6 Å². The van der Waals surface area contributed by atoms with Crippen molar-refractivity contribution in [3.05, 3.63) is 72.8 Å². The minimum absolute atomic E-state index is 0.0336. The molecule has 188 valence electrons. The Morgan fingerprint density at radius 3 is 2.11 bits per heavy atom. The predicted molar refractivity (Wildman–Crippen MR) is 148 cm³/mol. The van der Waals surface area contributed by atoms with Gasteiger partial charge in [-0.3, -0.25) is 0 Å². The van der Waals surface area contributed by atoms with E-state index in [1.54, 1.807) is 6.07 Å². The van der Waals surface area contributed by atoms with Gasteiger partial charge in [-0.15, -0.1) is 0 Å². The van der Waals surface area contributed by atoms with Crippen molar-refractivity contribution in [2.75, 3.05) is 6.61 Å². The van der Waals surface area contributed by atoms with Crippen LogP contribution in [0.2, 0.25) is 0 Å². The first-order valence-corrected chi connectivity index (χ1v) is 12.9. The van der Waals surface area contributed by atoms with Crippen molar-refractivity contribution in [3.8, 4) is 40.3 Å². The maximum absolute atomic E-state index is 10.6. The van der Waals surface area contributed by atoms with Gasteiger partial charge in [0.25, 0.3) is 0 Å². The second-order valence-corrected chi connectivity index (χ2v) is 9.39. The highest BCUT2D eigenvalue weighted by Crippen LogP contribution is 2.37. The Balaban J connectivity index is 1.69. The molecular formula is C31H31N3O3. The molecule has 1 heterocycles. The summed E-state index contributed by atoms with van der Waals surface area (Å²) in [6, 6.07) is 23.1. The third kappa shape index (κ3) is 5.19. The Morgan fingerprint density at radius 2 is 1.46 bits per heavy atom. The maximum atomic E-state index is 10.6. The number of hydrogen-bond donors (Lipinski definition) is 2. The summed E-state index contributed by atoms with van der Waals surface area (Å²) in [5.41, 5.74) is 1.28. The van der Waals surface area contributed by atoms with Gasteiger partial charge in [-0.05, 0) is 52.1 Å². The average Bonchev–Trinajstić information content (AvgIpc) is 2.91. The van der Waals surface area contributed by atoms with Crippen molar-refractivity contribution in [2.45, 2.75) is 39.5 Å². The number of nitrogens with zero attached hydrogens (tertiary/aromatic N) is 3. The van der Waals surface area contributed by atoms with Crippen LogP contribution in [0.1, 0.15) is 39.5 Å². The fourth-order valence-corrected chi connectivity index (χ4v) is 4.71. The monoisotopic (exact) mass is 493 g/mol. The molecule has 4 aromatic carbocycles. The summed E-state index contributed by atoms with van der Waals surface area (Å²) in [5.74, 6) is 1.02. The highest BCUT2D eigenvalue weighted by Gasteiger charge is 2.19. The first-order valence-electron chi connectivity index (χ1n) is 12.9. The van der Waals surface area contributed by atoms with Crippen LogP contribution in [0.3, 0.4) is 0 Å². The molecule has 2 N–H and O–H groups in total. The summed E-state index contributed by atoms with van der Waals surface area (Å²) < 4.78 is 6.17. The standard InChI is InChI=1S/C31H31N3O3/c1-3-5-10-20(4-2)19-37-31-33-29(26-16-15-23(35)18-27(26)36)32-30(34-31)28-24-13-8-6-11-21(24)17-22-12-7-9-14-25(22)28/h6-9,11-18,20,35-36H,3-5,10,19H2,1-2H3. The normalized spacial score (nSPS) is 12.2. The Hall–Kier alpha value is -4.19. The van der Waals surface area contributed by atoms with Crippen LogP contribution in [0, 0.1) is 5.92 Å². The average molecular weight is 494 g/mol. The van der Waals surface area contributed by atoms with Gasteiger partial charge in [0, 0.05) is 11.6 Å². The van der Waals surface area contributed by atoms with Gasteiger partial charge in [0.2, 0.25) is 0 Å². The first kappa shape index (κ1) is 24.5. The van der Waals surface area contributed by atoms with Gasteiger partial charge in [0.05, 0.1) is 12.2 Å². The molecule has 6 heteroatoms. The largest absolute Gasteiger partial charge is 0.508 e. The molecule has 0 saturated carbocycles. The van der Waals surface area contributed by atoms with Gasteiger partial charge in [-0.1, -0.05) is 81.6 Å². The fraction of sp³-hybridized carbons (Fsp3) is 0.258. The number of phenolic OH excluding ortho intramolecular Hbond substituents is 2. The number of phenols is 2. The van der Waals surface area contributed by atoms with Gasteiger partial charge in [0.1, 0.15) is 11.5 Å². The molecule has 0 bridgehead atoms. The van der Waals surface area contributed by atoms with Crippen LogP contribution in [0.5, 0.6) is 17.5 Å². The topological polar surface area (TPSA) is 88.4 Å². The second kappa shape index (κ2) is 10.8. The minimum atomic E-state index is -0.111. The minimum Gasteiger partial charge on any atom is -0.508 e. The van der Waals surface area contributed by atoms with Crippen LogP contribution in [-0.4, -0.2) is 31.8 Å². The fourth-order valence-electron chi connectivity index (χ4n) is 4.71. The summed E-state index contributed by atoms with van der Waals surface area (Å²) in [4.78, 5) is 14.2. The van der Waals surface area contributed by atoms with Crippen molar-refractivity contribution in [2.24, 2.45) is 5.92 Å². The summed E-state index contributed by atoms with van der Waals surface area (Å²) in [5, 5.41) is 24.6. The Bertz CT molecular complexity index is 1500. The van der Waals surface area contributed by atoms with Crippen molar-refractivity contribution in [1.82, 2.24) is 15.0 Å². The van der Waals surface area contributed by atoms with E-state index >= 15 is 0 Å². The highest BCUT2D eigenvalue weighted by molar-refractivity contribution is 6.11. The number of rotatable bonds is 9. The summed E-state index contributed by atoms with van der Waals surface area (Å²) >= 11 is 0. The molecule has 0 fully saturated rings. The zero-order valence-corrected chi connectivity index (χ0v) is 21.2. The molecule has 37 heavy (non-hydrogen) atoms. The molecule has 0 radical (unpaired) electrons. The van der Waals surface area contributed by atoms with Crippen molar-refractivity contribution < 1.29 is 14.9 Å². The van der Waals surface area contributed by atoms with E-state index in [0.29, 0.717) is 23.9 Å². The van der Waals surface area contributed by atoms with Crippen LogP contribution in [0.15, 0.2) is 72.8 Å². The maximum Gasteiger partial charge on any atom is 0.320 e. The van der Waals surface area contributed by atoms with Crippen molar-refractivity contribution in [3.63, 3.8) is 0 Å². The molecule has 1 atom stereocenters. The van der Waals surface area contributed by atoms with E-state index in [2.05, 4.69) is 49.2 Å². The van der Waals surface area contributed by atoms with E-state index < -0.39 is 0 Å². The van der Waals surface area contributed by atoms with E-state index in [-0.39, 0.29) is 23.3 Å². The van der Waals surface area contributed by atoms with E-state index in [9.17, 15) is 10.2 Å². The van der Waals surface area contributed by atoms with Crippen LogP contribution < -0.4 is 4.74 Å². The van der Waals surface area contributed by atoms with Gasteiger partial charge in [-0.25, -0.2) is 4.98 Å². The van der Waals surface area contributed by atoms with Gasteiger partial charge in [-0.2, -0.15) is 9.97 Å². The molecule has 6 nitrogen and oxygen atoms in total. The van der Waals surface area contributed by atoms with E-state index in [4.69, 9.17) is 14.7 Å². The lowest BCUT2D eigenvalue weighted by molar-refractivity contribution is 0.217. The summed E-state index contributed by atoms with van der Waals surface area (Å²) in [6.45, 7) is 4.87. The number of fused-ring (bicyclic) bond motifs is 2. The third-order valence-corrected chi connectivity index (χ3v) is 6.82. The molecule has 1 aromatic heterocycles. The van der Waals surface area contributed by atoms with Crippen molar-refractivity contribution >= 4 is 21.5 Å². The molecule has 0 spiro atoms. The number of unbranched alkanes of at least 4 members (excludes halogenated alkanes) is 1. The highest BCUT2D eigenvalue weighted by atomic mass is 16.5. The number of aromatic hydroxyl groups is 2. The van der Waals surface area contributed by atoms with E-state index in [1.807, 2.05) is 24.3 Å². The molecule has 1 unspecified atom stereocenters. The van der Waals surface area contributed by atoms with Gasteiger partial charge < -0.3 is 14.9 Å². The molecule has 0 saturated heterocycles. The lowest BCUT2D eigenvalue weighted by Crippen LogP contribution is -2.13. The number of hydrogen-bond acceptors (Lipinski definition) is 6. The number of aromatic nitrogens is 3.